The van der Waals surface area contributed by atoms with Gasteiger partial charge in [0.05, 0.1) is 12.0 Å². The summed E-state index contributed by atoms with van der Waals surface area (Å²) in [6.07, 6.45) is 3.23. The molecular weight excluding hydrogens is 322 g/mol. The van der Waals surface area contributed by atoms with E-state index in [2.05, 4.69) is 20.6 Å². The van der Waals surface area contributed by atoms with Crippen molar-refractivity contribution < 1.29 is 9.66 Å². The molecule has 2 heterocycles. The summed E-state index contributed by atoms with van der Waals surface area (Å²) in [4.78, 5) is 17.4. The number of H-pyrrole nitrogens is 1. The van der Waals surface area contributed by atoms with Crippen molar-refractivity contribution in [3.63, 3.8) is 0 Å². The number of pyridine rings is 1. The highest BCUT2D eigenvalue weighted by Gasteiger charge is 2.06. The minimum atomic E-state index is -0.464. The van der Waals surface area contributed by atoms with Crippen molar-refractivity contribution in [2.45, 2.75) is 6.54 Å². The van der Waals surface area contributed by atoms with Gasteiger partial charge in [0.2, 0.25) is 0 Å². The van der Waals surface area contributed by atoms with Gasteiger partial charge in [-0.15, -0.1) is 0 Å². The molecule has 3 rings (SSSR count). The second-order valence-electron chi connectivity index (χ2n) is 5.49. The van der Waals surface area contributed by atoms with E-state index in [-0.39, 0.29) is 5.69 Å². The van der Waals surface area contributed by atoms with Crippen molar-refractivity contribution in [2.75, 3.05) is 25.5 Å². The van der Waals surface area contributed by atoms with Crippen LogP contribution in [0.25, 0.3) is 10.9 Å². The highest BCUT2D eigenvalue weighted by Crippen LogP contribution is 2.23. The minimum absolute atomic E-state index is 0.0153. The first kappa shape index (κ1) is 16.7. The summed E-state index contributed by atoms with van der Waals surface area (Å²) in [6, 6.07) is 8.98. The molecule has 130 valence electrons. The number of nitro groups is 1. The fourth-order valence-corrected chi connectivity index (χ4v) is 2.53. The lowest BCUT2D eigenvalue weighted by atomic mass is 10.1. The molecule has 0 saturated heterocycles. The zero-order valence-electron chi connectivity index (χ0n) is 13.8. The van der Waals surface area contributed by atoms with E-state index in [0.29, 0.717) is 12.4 Å². The summed E-state index contributed by atoms with van der Waals surface area (Å²) in [5, 5.41) is 18.2. The maximum atomic E-state index is 10.6. The number of methoxy groups -OCH3 is 1. The zero-order valence-corrected chi connectivity index (χ0v) is 13.8. The Morgan fingerprint density at radius 2 is 2.16 bits per heavy atom. The van der Waals surface area contributed by atoms with Crippen LogP contribution < -0.4 is 15.4 Å². The number of hydrogen-bond acceptors (Lipinski definition) is 6. The van der Waals surface area contributed by atoms with Crippen molar-refractivity contribution in [1.82, 2.24) is 15.3 Å². The van der Waals surface area contributed by atoms with Crippen LogP contribution >= 0.6 is 0 Å². The third-order valence-electron chi connectivity index (χ3n) is 3.86. The standard InChI is InChI=1S/C17H19N5O3/c1-25-14-3-4-16-15(8-14)12(10-20-16)9-18-6-7-19-17-5-2-13(11-21-17)22(23)24/h2-5,8,10-11,18,20H,6-7,9H2,1H3,(H,19,21). The number of ether oxygens (including phenoxy) is 1. The van der Waals surface area contributed by atoms with Gasteiger partial charge in [0.1, 0.15) is 17.8 Å². The van der Waals surface area contributed by atoms with Crippen LogP contribution in [0.4, 0.5) is 11.5 Å². The number of rotatable bonds is 8. The van der Waals surface area contributed by atoms with Crippen molar-refractivity contribution in [1.29, 1.82) is 0 Å². The summed E-state index contributed by atoms with van der Waals surface area (Å²) >= 11 is 0. The van der Waals surface area contributed by atoms with Gasteiger partial charge in [0.25, 0.3) is 5.69 Å². The molecule has 8 heteroatoms. The van der Waals surface area contributed by atoms with Gasteiger partial charge in [0.15, 0.2) is 0 Å². The number of aromatic nitrogens is 2. The molecule has 0 fully saturated rings. The lowest BCUT2D eigenvalue weighted by molar-refractivity contribution is -0.385. The maximum Gasteiger partial charge on any atom is 0.287 e. The molecular formula is C17H19N5O3. The number of aromatic amines is 1. The van der Waals surface area contributed by atoms with Crippen molar-refractivity contribution >= 4 is 22.4 Å². The smallest absolute Gasteiger partial charge is 0.287 e. The summed E-state index contributed by atoms with van der Waals surface area (Å²) in [5.74, 6) is 1.45. The second kappa shape index (κ2) is 7.63. The Morgan fingerprint density at radius 1 is 1.28 bits per heavy atom. The molecule has 0 amide bonds. The van der Waals surface area contributed by atoms with Crippen LogP contribution in [-0.2, 0) is 6.54 Å². The zero-order chi connectivity index (χ0) is 17.6. The van der Waals surface area contributed by atoms with Gasteiger partial charge < -0.3 is 20.4 Å². The van der Waals surface area contributed by atoms with E-state index in [9.17, 15) is 10.1 Å². The molecule has 0 aliphatic rings. The molecule has 8 nitrogen and oxygen atoms in total. The van der Waals surface area contributed by atoms with Crippen LogP contribution in [0.1, 0.15) is 5.56 Å². The molecule has 1 aromatic carbocycles. The Hall–Kier alpha value is -3.13. The highest BCUT2D eigenvalue weighted by molar-refractivity contribution is 5.84. The van der Waals surface area contributed by atoms with Gasteiger partial charge in [-0.1, -0.05) is 0 Å². The first-order valence-electron chi connectivity index (χ1n) is 7.86. The van der Waals surface area contributed by atoms with Crippen LogP contribution in [-0.4, -0.2) is 35.1 Å². The normalized spacial score (nSPS) is 10.8. The number of fused-ring (bicyclic) bond motifs is 1. The largest absolute Gasteiger partial charge is 0.497 e. The first-order chi connectivity index (χ1) is 12.2. The number of nitrogens with zero attached hydrogens (tertiary/aromatic N) is 2. The predicted octanol–water partition coefficient (Wildman–Crippen LogP) is 2.68. The summed E-state index contributed by atoms with van der Waals surface area (Å²) < 4.78 is 5.27. The molecule has 0 bridgehead atoms. The van der Waals surface area contributed by atoms with E-state index in [1.165, 1.54) is 17.8 Å². The van der Waals surface area contributed by atoms with Gasteiger partial charge in [-0.2, -0.15) is 0 Å². The fourth-order valence-electron chi connectivity index (χ4n) is 2.53. The molecule has 0 atom stereocenters. The van der Waals surface area contributed by atoms with E-state index in [1.54, 1.807) is 13.2 Å². The van der Waals surface area contributed by atoms with E-state index >= 15 is 0 Å². The van der Waals surface area contributed by atoms with Crippen molar-refractivity contribution in [2.24, 2.45) is 0 Å². The molecule has 0 aliphatic heterocycles. The molecule has 0 spiro atoms. The third kappa shape index (κ3) is 4.04. The van der Waals surface area contributed by atoms with Crippen LogP contribution in [0, 0.1) is 10.1 Å². The molecule has 3 aromatic rings. The predicted molar refractivity (Wildman–Crippen MR) is 95.9 cm³/mol. The Balaban J connectivity index is 1.48. The number of nitrogens with one attached hydrogen (secondary N) is 3. The fraction of sp³-hybridized carbons (Fsp3) is 0.235. The van der Waals surface area contributed by atoms with Gasteiger partial charge in [-0.05, 0) is 29.8 Å². The topological polar surface area (TPSA) is 105 Å². The summed E-state index contributed by atoms with van der Waals surface area (Å²) in [7, 11) is 1.66. The van der Waals surface area contributed by atoms with Gasteiger partial charge >= 0.3 is 0 Å². The number of anilines is 1. The monoisotopic (exact) mass is 341 g/mol. The Bertz CT molecular complexity index is 860. The van der Waals surface area contributed by atoms with Gasteiger partial charge in [-0.25, -0.2) is 4.98 Å². The average molecular weight is 341 g/mol. The molecule has 0 aliphatic carbocycles. The van der Waals surface area contributed by atoms with Crippen LogP contribution in [0.15, 0.2) is 42.7 Å². The van der Waals surface area contributed by atoms with Gasteiger partial charge in [0, 0.05) is 42.8 Å². The average Bonchev–Trinajstić information content (AvgIpc) is 3.04. The molecule has 0 unspecified atom stereocenters. The SMILES string of the molecule is COc1ccc2[nH]cc(CNCCNc3ccc([N+](=O)[O-])cn3)c2c1. The van der Waals surface area contributed by atoms with E-state index in [1.807, 2.05) is 24.4 Å². The lowest BCUT2D eigenvalue weighted by Crippen LogP contribution is -2.21. The lowest BCUT2D eigenvalue weighted by Gasteiger charge is -2.07. The Labute approximate surface area is 144 Å². The molecule has 0 saturated carbocycles. The first-order valence-corrected chi connectivity index (χ1v) is 7.86. The van der Waals surface area contributed by atoms with E-state index < -0.39 is 4.92 Å². The number of benzene rings is 1. The molecule has 0 radical (unpaired) electrons. The van der Waals surface area contributed by atoms with Crippen LogP contribution in [0.3, 0.4) is 0 Å². The molecule has 25 heavy (non-hydrogen) atoms. The minimum Gasteiger partial charge on any atom is -0.497 e. The maximum absolute atomic E-state index is 10.6. The third-order valence-corrected chi connectivity index (χ3v) is 3.86. The van der Waals surface area contributed by atoms with Crippen LogP contribution in [0.5, 0.6) is 5.75 Å². The van der Waals surface area contributed by atoms with Crippen molar-refractivity contribution in [3.8, 4) is 5.75 Å². The van der Waals surface area contributed by atoms with E-state index in [0.717, 1.165) is 29.7 Å². The van der Waals surface area contributed by atoms with E-state index in [4.69, 9.17) is 4.74 Å². The highest BCUT2D eigenvalue weighted by atomic mass is 16.6. The Kier molecular flexibility index (Phi) is 5.10. The van der Waals surface area contributed by atoms with Crippen LogP contribution in [0.2, 0.25) is 0 Å². The molecule has 2 aromatic heterocycles. The molecule has 3 N–H and O–H groups in total. The summed E-state index contributed by atoms with van der Waals surface area (Å²) in [5.41, 5.74) is 2.23. The second-order valence-corrected chi connectivity index (χ2v) is 5.49. The van der Waals surface area contributed by atoms with Crippen molar-refractivity contribution in [3.05, 3.63) is 58.4 Å². The Morgan fingerprint density at radius 3 is 2.88 bits per heavy atom. The summed E-state index contributed by atoms with van der Waals surface area (Å²) in [6.45, 7) is 2.12. The van der Waals surface area contributed by atoms with Gasteiger partial charge in [-0.3, -0.25) is 10.1 Å². The number of hydrogen-bond donors (Lipinski definition) is 3. The quantitative estimate of drug-likeness (QED) is 0.330.